The summed E-state index contributed by atoms with van der Waals surface area (Å²) in [5, 5.41) is 44.9. The summed E-state index contributed by atoms with van der Waals surface area (Å²) >= 11 is 0. The zero-order valence-electron chi connectivity index (χ0n) is 27.2. The summed E-state index contributed by atoms with van der Waals surface area (Å²) in [6, 6.07) is 19.6. The number of phenols is 2. The molecule has 0 saturated heterocycles. The van der Waals surface area contributed by atoms with E-state index in [1.807, 2.05) is 30.3 Å². The minimum atomic E-state index is -0.983. The first-order chi connectivity index (χ1) is 23.4. The van der Waals surface area contributed by atoms with Crippen LogP contribution in [0.2, 0.25) is 0 Å². The van der Waals surface area contributed by atoms with E-state index in [0.717, 1.165) is 58.4 Å². The zero-order chi connectivity index (χ0) is 33.4. The maximum absolute atomic E-state index is 12.2. The summed E-state index contributed by atoms with van der Waals surface area (Å²) < 4.78 is 30.2. The third kappa shape index (κ3) is 6.02. The van der Waals surface area contributed by atoms with Crippen molar-refractivity contribution in [2.24, 2.45) is 11.8 Å². The molecule has 48 heavy (non-hydrogen) atoms. The molecule has 0 aromatic heterocycles. The van der Waals surface area contributed by atoms with Gasteiger partial charge in [0.1, 0.15) is 40.6 Å². The fourth-order valence-electron chi connectivity index (χ4n) is 7.74. The van der Waals surface area contributed by atoms with Crippen LogP contribution in [0.3, 0.4) is 0 Å². The molecule has 0 radical (unpaired) electrons. The average molecular weight is 655 g/mol. The predicted octanol–water partition coefficient (Wildman–Crippen LogP) is 6.27. The van der Waals surface area contributed by atoms with Crippen LogP contribution in [0, 0.1) is 11.8 Å². The van der Waals surface area contributed by atoms with E-state index in [-0.39, 0.29) is 24.2 Å². The van der Waals surface area contributed by atoms with Crippen LogP contribution in [-0.4, -0.2) is 60.6 Å². The molecule has 4 aromatic carbocycles. The van der Waals surface area contributed by atoms with Crippen molar-refractivity contribution in [3.05, 3.63) is 94.5 Å². The van der Waals surface area contributed by atoms with E-state index in [0.29, 0.717) is 48.9 Å². The Morgan fingerprint density at radius 3 is 2.50 bits per heavy atom. The topological polar surface area (TPSA) is 127 Å². The highest BCUT2D eigenvalue weighted by Gasteiger charge is 2.48. The quantitative estimate of drug-likeness (QED) is 0.155. The number of aromatic hydroxyl groups is 2. The molecule has 0 unspecified atom stereocenters. The van der Waals surface area contributed by atoms with Crippen molar-refractivity contribution in [3.63, 3.8) is 0 Å². The van der Waals surface area contributed by atoms with Gasteiger partial charge in [0.05, 0.1) is 32.5 Å². The molecule has 4 N–H and O–H groups in total. The lowest BCUT2D eigenvalue weighted by atomic mass is 9.71. The monoisotopic (exact) mass is 654 g/mol. The van der Waals surface area contributed by atoms with E-state index in [9.17, 15) is 20.4 Å². The number of methoxy groups -OCH3 is 2. The number of rotatable bonds is 9. The van der Waals surface area contributed by atoms with Crippen LogP contribution in [0.15, 0.2) is 66.7 Å². The van der Waals surface area contributed by atoms with Crippen molar-refractivity contribution < 1.29 is 44.1 Å². The van der Waals surface area contributed by atoms with Crippen LogP contribution in [0.5, 0.6) is 34.5 Å². The molecule has 0 aliphatic carbocycles. The van der Waals surface area contributed by atoms with Crippen molar-refractivity contribution in [1.29, 1.82) is 0 Å². The van der Waals surface area contributed by atoms with Crippen molar-refractivity contribution in [1.82, 2.24) is 0 Å². The first-order valence-corrected chi connectivity index (χ1v) is 16.6. The van der Waals surface area contributed by atoms with Gasteiger partial charge < -0.3 is 44.1 Å². The maximum Gasteiger partial charge on any atom is 0.128 e. The molecule has 252 valence electrons. The Kier molecular flexibility index (Phi) is 9.09. The smallest absolute Gasteiger partial charge is 0.128 e. The van der Waals surface area contributed by atoms with Crippen LogP contribution in [0.25, 0.3) is 11.1 Å². The van der Waals surface area contributed by atoms with Gasteiger partial charge in [0, 0.05) is 54.2 Å². The van der Waals surface area contributed by atoms with Gasteiger partial charge >= 0.3 is 0 Å². The van der Waals surface area contributed by atoms with Crippen LogP contribution in [0.4, 0.5) is 0 Å². The van der Waals surface area contributed by atoms with Gasteiger partial charge in [-0.15, -0.1) is 0 Å². The van der Waals surface area contributed by atoms with E-state index in [1.165, 1.54) is 0 Å². The second-order valence-corrected chi connectivity index (χ2v) is 12.9. The molecule has 0 amide bonds. The van der Waals surface area contributed by atoms with Crippen LogP contribution in [-0.2, 0) is 17.6 Å². The Morgan fingerprint density at radius 1 is 0.854 bits per heavy atom. The molecule has 3 aliphatic rings. The first-order valence-electron chi connectivity index (χ1n) is 16.6. The molecule has 5 atom stereocenters. The highest BCUT2D eigenvalue weighted by molar-refractivity contribution is 5.70. The summed E-state index contributed by atoms with van der Waals surface area (Å²) in [5.41, 5.74) is 5.54. The Hall–Kier alpha value is -4.44. The lowest BCUT2D eigenvalue weighted by Crippen LogP contribution is -2.46. The SMILES string of the molecule is COCCC[C@@H]1Oc2ccc3c(c2[C@H](O)[C@@H]1[C@@H]1COc2c(Cc4cc(O)ccc4-c4cccc(O)c4)cc(OC)cc2[C@H]1O)CCCO3. The Morgan fingerprint density at radius 2 is 1.69 bits per heavy atom. The van der Waals surface area contributed by atoms with Crippen LogP contribution in [0.1, 0.15) is 59.3 Å². The zero-order valence-corrected chi connectivity index (χ0v) is 27.2. The first kappa shape index (κ1) is 32.1. The van der Waals surface area contributed by atoms with Crippen LogP contribution >= 0.6 is 0 Å². The average Bonchev–Trinajstić information content (AvgIpc) is 3.09. The Balaban J connectivity index is 1.26. The van der Waals surface area contributed by atoms with Gasteiger partial charge in [-0.3, -0.25) is 0 Å². The van der Waals surface area contributed by atoms with E-state index in [4.69, 9.17) is 23.7 Å². The highest BCUT2D eigenvalue weighted by Crippen LogP contribution is 2.53. The van der Waals surface area contributed by atoms with Crippen LogP contribution < -0.4 is 18.9 Å². The van der Waals surface area contributed by atoms with E-state index in [1.54, 1.807) is 50.6 Å². The predicted molar refractivity (Wildman–Crippen MR) is 179 cm³/mol. The molecule has 9 nitrogen and oxygen atoms in total. The van der Waals surface area contributed by atoms with Crippen molar-refractivity contribution >= 4 is 0 Å². The molecule has 0 fully saturated rings. The number of fused-ring (bicyclic) bond motifs is 4. The minimum Gasteiger partial charge on any atom is -0.508 e. The van der Waals surface area contributed by atoms with Gasteiger partial charge in [-0.2, -0.15) is 0 Å². The summed E-state index contributed by atoms with van der Waals surface area (Å²) in [5.74, 6) is 1.85. The van der Waals surface area contributed by atoms with E-state index in [2.05, 4.69) is 0 Å². The second-order valence-electron chi connectivity index (χ2n) is 12.9. The third-order valence-electron chi connectivity index (χ3n) is 9.98. The van der Waals surface area contributed by atoms with Gasteiger partial charge in [0.25, 0.3) is 0 Å². The number of phenolic OH excluding ortho intramolecular Hbond substituents is 2. The molecule has 7 rings (SSSR count). The number of benzene rings is 4. The normalized spacial score (nSPS) is 22.7. The molecule has 3 aliphatic heterocycles. The molecule has 0 spiro atoms. The summed E-state index contributed by atoms with van der Waals surface area (Å²) in [4.78, 5) is 0. The molecule has 4 aromatic rings. The molecule has 9 heteroatoms. The standard InChI is InChI=1S/C39H42O9/c1-44-14-5-9-33-36(38(43)35-29-8-4-15-46-32(29)12-13-34(35)48-33)31-21-47-39-24(19-27(45-2)20-30(39)37(31)42)16-23-18-26(41)10-11-28(23)22-6-3-7-25(40)17-22/h3,6-7,10-13,17-20,31,33,36-38,40-43H,4-5,8-9,14-16,21H2,1-2H3/t31-,33-,36+,37+,38-/m0/s1. The summed E-state index contributed by atoms with van der Waals surface area (Å²) in [6.45, 7) is 1.36. The van der Waals surface area contributed by atoms with Gasteiger partial charge in [0.2, 0.25) is 0 Å². The van der Waals surface area contributed by atoms with Gasteiger partial charge in [-0.05, 0) is 90.9 Å². The summed E-state index contributed by atoms with van der Waals surface area (Å²) in [6.07, 6.45) is 1.12. The fourth-order valence-corrected chi connectivity index (χ4v) is 7.74. The van der Waals surface area contributed by atoms with E-state index < -0.39 is 24.0 Å². The number of aliphatic hydroxyl groups is 2. The van der Waals surface area contributed by atoms with Crippen molar-refractivity contribution in [3.8, 4) is 45.6 Å². The Labute approximate surface area is 280 Å². The van der Waals surface area contributed by atoms with Gasteiger partial charge in [-0.25, -0.2) is 0 Å². The number of hydrogen-bond acceptors (Lipinski definition) is 9. The number of aliphatic hydroxyl groups excluding tert-OH is 2. The number of hydrogen-bond donors (Lipinski definition) is 4. The third-order valence-corrected chi connectivity index (χ3v) is 9.98. The van der Waals surface area contributed by atoms with Crippen molar-refractivity contribution in [2.45, 2.75) is 50.4 Å². The van der Waals surface area contributed by atoms with Gasteiger partial charge in [-0.1, -0.05) is 18.2 Å². The molecule has 3 heterocycles. The summed E-state index contributed by atoms with van der Waals surface area (Å²) in [7, 11) is 3.25. The van der Waals surface area contributed by atoms with Crippen molar-refractivity contribution in [2.75, 3.05) is 34.0 Å². The number of ether oxygens (including phenoxy) is 5. The molecular formula is C39H42O9. The fraction of sp³-hybridized carbons (Fsp3) is 0.385. The minimum absolute atomic E-state index is 0.116. The highest BCUT2D eigenvalue weighted by atomic mass is 16.5. The lowest BCUT2D eigenvalue weighted by Gasteiger charge is -2.45. The molecular weight excluding hydrogens is 612 g/mol. The molecule has 0 saturated carbocycles. The largest absolute Gasteiger partial charge is 0.508 e. The van der Waals surface area contributed by atoms with Gasteiger partial charge in [0.15, 0.2) is 0 Å². The second kappa shape index (κ2) is 13.6. The molecule has 0 bridgehead atoms. The van der Waals surface area contributed by atoms with E-state index >= 15 is 0 Å². The maximum atomic E-state index is 12.2. The lowest BCUT2D eigenvalue weighted by molar-refractivity contribution is -0.0894. The Bertz CT molecular complexity index is 1790.